The summed E-state index contributed by atoms with van der Waals surface area (Å²) in [5.41, 5.74) is 0.743. The second-order valence-electron chi connectivity index (χ2n) is 5.62. The number of halogens is 1. The average molecular weight is 348 g/mol. The molecular formula is C17H18BrNO2. The molecule has 0 bridgehead atoms. The van der Waals surface area contributed by atoms with E-state index in [1.807, 2.05) is 35.2 Å². The number of fused-ring (bicyclic) bond motifs is 1. The number of benzene rings is 2. The van der Waals surface area contributed by atoms with Crippen molar-refractivity contribution in [3.8, 4) is 0 Å². The van der Waals surface area contributed by atoms with Crippen LogP contribution in [0, 0.1) is 5.92 Å². The summed E-state index contributed by atoms with van der Waals surface area (Å²) in [6.45, 7) is 1.71. The number of amides is 1. The van der Waals surface area contributed by atoms with Crippen molar-refractivity contribution in [2.24, 2.45) is 5.92 Å². The van der Waals surface area contributed by atoms with Crippen LogP contribution in [0.15, 0.2) is 40.9 Å². The van der Waals surface area contributed by atoms with Crippen molar-refractivity contribution in [1.29, 1.82) is 0 Å². The van der Waals surface area contributed by atoms with Crippen LogP contribution >= 0.6 is 15.9 Å². The highest BCUT2D eigenvalue weighted by molar-refractivity contribution is 9.10. The third-order valence-electron chi connectivity index (χ3n) is 4.21. The highest BCUT2D eigenvalue weighted by Gasteiger charge is 2.23. The van der Waals surface area contributed by atoms with E-state index in [0.717, 1.165) is 46.7 Å². The summed E-state index contributed by atoms with van der Waals surface area (Å²) < 4.78 is 1.04. The van der Waals surface area contributed by atoms with E-state index in [1.54, 1.807) is 0 Å². The lowest BCUT2D eigenvalue weighted by Crippen LogP contribution is -2.39. The Bertz CT molecular complexity index is 663. The maximum absolute atomic E-state index is 12.6. The summed E-state index contributed by atoms with van der Waals surface area (Å²) >= 11 is 3.46. The second-order valence-corrected chi connectivity index (χ2v) is 6.54. The molecule has 0 aromatic heterocycles. The summed E-state index contributed by atoms with van der Waals surface area (Å²) in [5.74, 6) is 0.444. The van der Waals surface area contributed by atoms with Gasteiger partial charge >= 0.3 is 0 Å². The predicted molar refractivity (Wildman–Crippen MR) is 87.4 cm³/mol. The molecule has 2 aromatic carbocycles. The predicted octanol–water partition coefficient (Wildman–Crippen LogP) is 3.45. The number of piperidine rings is 1. The van der Waals surface area contributed by atoms with Gasteiger partial charge in [0.2, 0.25) is 0 Å². The van der Waals surface area contributed by atoms with E-state index in [-0.39, 0.29) is 12.5 Å². The molecule has 1 fully saturated rings. The molecule has 21 heavy (non-hydrogen) atoms. The smallest absolute Gasteiger partial charge is 0.253 e. The molecule has 1 saturated heterocycles. The third-order valence-corrected chi connectivity index (χ3v) is 4.70. The minimum Gasteiger partial charge on any atom is -0.396 e. The lowest BCUT2D eigenvalue weighted by Gasteiger charge is -2.31. The van der Waals surface area contributed by atoms with Crippen molar-refractivity contribution in [3.63, 3.8) is 0 Å². The van der Waals surface area contributed by atoms with Crippen LogP contribution < -0.4 is 0 Å². The Morgan fingerprint density at radius 1 is 1.14 bits per heavy atom. The zero-order valence-corrected chi connectivity index (χ0v) is 13.3. The Morgan fingerprint density at radius 2 is 1.81 bits per heavy atom. The van der Waals surface area contributed by atoms with Gasteiger partial charge in [-0.2, -0.15) is 0 Å². The normalized spacial score (nSPS) is 16.4. The molecule has 2 aromatic rings. The number of hydrogen-bond donors (Lipinski definition) is 1. The molecule has 1 aliphatic heterocycles. The van der Waals surface area contributed by atoms with E-state index >= 15 is 0 Å². The van der Waals surface area contributed by atoms with E-state index in [1.165, 1.54) is 0 Å². The van der Waals surface area contributed by atoms with Crippen molar-refractivity contribution < 1.29 is 9.90 Å². The van der Waals surface area contributed by atoms with Gasteiger partial charge in [0.05, 0.1) is 0 Å². The summed E-state index contributed by atoms with van der Waals surface area (Å²) in [6.07, 6.45) is 1.78. The fourth-order valence-corrected chi connectivity index (χ4v) is 3.23. The largest absolute Gasteiger partial charge is 0.396 e. The minimum absolute atomic E-state index is 0.0937. The average Bonchev–Trinajstić information content (AvgIpc) is 2.53. The van der Waals surface area contributed by atoms with Crippen molar-refractivity contribution in [3.05, 3.63) is 46.4 Å². The topological polar surface area (TPSA) is 40.5 Å². The number of nitrogens with zero attached hydrogens (tertiary/aromatic N) is 1. The molecular weight excluding hydrogens is 330 g/mol. The van der Waals surface area contributed by atoms with E-state index in [2.05, 4.69) is 22.0 Å². The number of carbonyl (C=O) groups is 1. The standard InChI is InChI=1S/C17H18BrNO2/c18-16-4-3-13-9-15(2-1-14(13)10-16)17(21)19-7-5-12(11-20)6-8-19/h1-4,9-10,12,20H,5-8,11H2. The van der Waals surface area contributed by atoms with Crippen LogP contribution in [0.3, 0.4) is 0 Å². The van der Waals surface area contributed by atoms with Crippen molar-refractivity contribution in [1.82, 2.24) is 4.90 Å². The fourth-order valence-electron chi connectivity index (χ4n) is 2.85. The second kappa shape index (κ2) is 6.16. The van der Waals surface area contributed by atoms with Crippen LogP contribution in [0.4, 0.5) is 0 Å². The molecule has 0 aliphatic carbocycles. The van der Waals surface area contributed by atoms with Gasteiger partial charge in [0.15, 0.2) is 0 Å². The molecule has 0 spiro atoms. The van der Waals surface area contributed by atoms with Crippen LogP contribution in [0.5, 0.6) is 0 Å². The Hall–Kier alpha value is -1.39. The maximum atomic E-state index is 12.6. The number of hydrogen-bond acceptors (Lipinski definition) is 2. The monoisotopic (exact) mass is 347 g/mol. The Kier molecular flexibility index (Phi) is 4.27. The molecule has 0 unspecified atom stereocenters. The van der Waals surface area contributed by atoms with Gasteiger partial charge in [-0.1, -0.05) is 28.1 Å². The fraction of sp³-hybridized carbons (Fsp3) is 0.353. The third kappa shape index (κ3) is 3.11. The maximum Gasteiger partial charge on any atom is 0.253 e. The van der Waals surface area contributed by atoms with E-state index in [4.69, 9.17) is 5.11 Å². The van der Waals surface area contributed by atoms with Crippen LogP contribution in [0.2, 0.25) is 0 Å². The minimum atomic E-state index is 0.0937. The molecule has 1 N–H and O–H groups in total. The summed E-state index contributed by atoms with van der Waals surface area (Å²) in [4.78, 5) is 14.5. The first-order chi connectivity index (χ1) is 10.2. The van der Waals surface area contributed by atoms with Gasteiger partial charge in [0.25, 0.3) is 5.91 Å². The number of rotatable bonds is 2. The SMILES string of the molecule is O=C(c1ccc2cc(Br)ccc2c1)N1CCC(CO)CC1. The highest BCUT2D eigenvalue weighted by atomic mass is 79.9. The van der Waals surface area contributed by atoms with Gasteiger partial charge in [-0.15, -0.1) is 0 Å². The van der Waals surface area contributed by atoms with Gasteiger partial charge in [-0.25, -0.2) is 0 Å². The number of aliphatic hydroxyl groups excluding tert-OH is 1. The zero-order valence-electron chi connectivity index (χ0n) is 11.8. The molecule has 0 atom stereocenters. The molecule has 4 heteroatoms. The summed E-state index contributed by atoms with van der Waals surface area (Å²) in [5, 5.41) is 11.4. The molecule has 1 amide bonds. The molecule has 0 radical (unpaired) electrons. The Labute approximate surface area is 132 Å². The van der Waals surface area contributed by atoms with Gasteiger partial charge in [-0.3, -0.25) is 4.79 Å². The first-order valence-electron chi connectivity index (χ1n) is 7.27. The lowest BCUT2D eigenvalue weighted by molar-refractivity contribution is 0.0651. The molecule has 3 rings (SSSR count). The van der Waals surface area contributed by atoms with Crippen LogP contribution in [0.25, 0.3) is 10.8 Å². The quantitative estimate of drug-likeness (QED) is 0.903. The van der Waals surface area contributed by atoms with Gasteiger partial charge in [0, 0.05) is 29.7 Å². The van der Waals surface area contributed by atoms with E-state index < -0.39 is 0 Å². The summed E-state index contributed by atoms with van der Waals surface area (Å²) in [7, 11) is 0. The number of carbonyl (C=O) groups excluding carboxylic acids is 1. The first kappa shape index (κ1) is 14.5. The van der Waals surface area contributed by atoms with Gasteiger partial charge < -0.3 is 10.0 Å². The highest BCUT2D eigenvalue weighted by Crippen LogP contribution is 2.23. The Balaban J connectivity index is 1.80. The van der Waals surface area contributed by atoms with E-state index in [9.17, 15) is 4.79 Å². The zero-order chi connectivity index (χ0) is 14.8. The van der Waals surface area contributed by atoms with Gasteiger partial charge in [-0.05, 0) is 53.8 Å². The first-order valence-corrected chi connectivity index (χ1v) is 8.06. The Morgan fingerprint density at radius 3 is 2.52 bits per heavy atom. The van der Waals surface area contributed by atoms with Crippen LogP contribution in [0.1, 0.15) is 23.2 Å². The molecule has 110 valence electrons. The molecule has 1 heterocycles. The molecule has 0 saturated carbocycles. The molecule has 3 nitrogen and oxygen atoms in total. The van der Waals surface area contributed by atoms with Crippen LogP contribution in [-0.4, -0.2) is 35.6 Å². The lowest BCUT2D eigenvalue weighted by atomic mass is 9.97. The van der Waals surface area contributed by atoms with Crippen LogP contribution in [-0.2, 0) is 0 Å². The van der Waals surface area contributed by atoms with Gasteiger partial charge in [0.1, 0.15) is 0 Å². The van der Waals surface area contributed by atoms with Crippen molar-refractivity contribution in [2.45, 2.75) is 12.8 Å². The number of aliphatic hydroxyl groups is 1. The van der Waals surface area contributed by atoms with Crippen molar-refractivity contribution >= 4 is 32.6 Å². The van der Waals surface area contributed by atoms with Crippen molar-refractivity contribution in [2.75, 3.05) is 19.7 Å². The number of likely N-dealkylation sites (tertiary alicyclic amines) is 1. The molecule has 1 aliphatic rings. The summed E-state index contributed by atoms with van der Waals surface area (Å²) in [6, 6.07) is 11.9. The van der Waals surface area contributed by atoms with E-state index in [0.29, 0.717) is 5.92 Å².